The highest BCUT2D eigenvalue weighted by Crippen LogP contribution is 2.21. The molecule has 0 spiro atoms. The van der Waals surface area contributed by atoms with Crippen LogP contribution in [0.4, 0.5) is 0 Å². The minimum atomic E-state index is -4.02. The number of fused-ring (bicyclic) bond motifs is 2. The summed E-state index contributed by atoms with van der Waals surface area (Å²) in [7, 11) is -4.02. The highest BCUT2D eigenvalue weighted by atomic mass is 32.2. The fraction of sp³-hybridized carbons (Fsp3) is 0.364. The van der Waals surface area contributed by atoms with Gasteiger partial charge in [-0.3, -0.25) is 14.1 Å². The van der Waals surface area contributed by atoms with Crippen molar-refractivity contribution in [1.29, 1.82) is 0 Å². The van der Waals surface area contributed by atoms with Crippen molar-refractivity contribution in [3.8, 4) is 0 Å². The maximum Gasteiger partial charge on any atom is 0.265 e. The van der Waals surface area contributed by atoms with Crippen LogP contribution in [-0.4, -0.2) is 34.2 Å². The highest BCUT2D eigenvalue weighted by Gasteiger charge is 2.11. The second kappa shape index (κ2) is 9.76. The van der Waals surface area contributed by atoms with Crippen LogP contribution < -0.4 is 5.43 Å². The van der Waals surface area contributed by atoms with Gasteiger partial charge in [0.2, 0.25) is 0 Å². The van der Waals surface area contributed by atoms with Crippen LogP contribution in [0.1, 0.15) is 31.2 Å². The Morgan fingerprint density at radius 3 is 2.53 bits per heavy atom. The van der Waals surface area contributed by atoms with Crippen molar-refractivity contribution >= 4 is 48.8 Å². The van der Waals surface area contributed by atoms with Gasteiger partial charge >= 0.3 is 0 Å². The molecule has 0 aliphatic heterocycles. The van der Waals surface area contributed by atoms with E-state index in [2.05, 4.69) is 4.57 Å². The van der Waals surface area contributed by atoms with E-state index in [9.17, 15) is 18.0 Å². The lowest BCUT2D eigenvalue weighted by molar-refractivity contribution is -0.111. The Balaban J connectivity index is 1.64. The number of hydrogen-bond acceptors (Lipinski definition) is 5. The first-order valence-corrected chi connectivity index (χ1v) is 12.5. The molecule has 1 heterocycles. The summed E-state index contributed by atoms with van der Waals surface area (Å²) in [5, 5.41) is 1.37. The second-order valence-corrected chi connectivity index (χ2v) is 10.1. The summed E-state index contributed by atoms with van der Waals surface area (Å²) in [5.74, 6) is -0.332. The minimum absolute atomic E-state index is 0.0491. The largest absolute Gasteiger partial charge is 0.340 e. The predicted molar refractivity (Wildman–Crippen MR) is 123 cm³/mol. The maximum atomic E-state index is 12.9. The van der Waals surface area contributed by atoms with Gasteiger partial charge in [0.1, 0.15) is 0 Å². The summed E-state index contributed by atoms with van der Waals surface area (Å²) in [6.45, 7) is 2.72. The van der Waals surface area contributed by atoms with Gasteiger partial charge in [-0.15, -0.1) is 0 Å². The Hall–Kier alpha value is -2.16. The van der Waals surface area contributed by atoms with Gasteiger partial charge in [-0.1, -0.05) is 41.9 Å². The van der Waals surface area contributed by atoms with E-state index in [1.807, 2.05) is 49.4 Å². The summed E-state index contributed by atoms with van der Waals surface area (Å²) in [5.41, 5.74) is 2.93. The van der Waals surface area contributed by atoms with Crippen LogP contribution in [0.5, 0.6) is 0 Å². The number of thioether (sulfide) groups is 1. The molecule has 0 bridgehead atoms. The molecule has 2 aromatic carbocycles. The standard InChI is InChI=1S/C22H25NO5S2/c1-16-10-11-20-18(15-16)22(25)17-7-4-5-8-19(17)23(20)12-6-2-3-9-21(24)29-13-14-30(26,27)28/h4-5,7-8,10-11,15H,2-3,6,9,12-14H2,1H3,(H,26,27,28). The molecule has 0 saturated carbocycles. The fourth-order valence-electron chi connectivity index (χ4n) is 3.53. The summed E-state index contributed by atoms with van der Waals surface area (Å²) in [6, 6.07) is 13.6. The number of pyridine rings is 1. The molecule has 0 radical (unpaired) electrons. The van der Waals surface area contributed by atoms with Gasteiger partial charge in [0, 0.05) is 29.5 Å². The summed E-state index contributed by atoms with van der Waals surface area (Å²) in [4.78, 5) is 24.7. The van der Waals surface area contributed by atoms with Gasteiger partial charge in [0.05, 0.1) is 16.8 Å². The fourth-order valence-corrected chi connectivity index (χ4v) is 5.23. The molecule has 0 amide bonds. The van der Waals surface area contributed by atoms with Crippen LogP contribution in [0, 0.1) is 6.92 Å². The van der Waals surface area contributed by atoms with E-state index in [1.54, 1.807) is 0 Å². The monoisotopic (exact) mass is 447 g/mol. The topological polar surface area (TPSA) is 93.4 Å². The van der Waals surface area contributed by atoms with Gasteiger partial charge in [-0.25, -0.2) is 0 Å². The molecule has 0 aliphatic carbocycles. The number of carbonyl (C=O) groups excluding carboxylic acids is 1. The average Bonchev–Trinajstić information content (AvgIpc) is 2.69. The predicted octanol–water partition coefficient (Wildman–Crippen LogP) is 4.17. The number of nitrogens with zero attached hydrogens (tertiary/aromatic N) is 1. The number of rotatable bonds is 9. The molecule has 3 aromatic rings. The average molecular weight is 448 g/mol. The minimum Gasteiger partial charge on any atom is -0.340 e. The number of benzene rings is 2. The molecule has 0 fully saturated rings. The normalized spacial score (nSPS) is 11.9. The Kier molecular flexibility index (Phi) is 7.33. The van der Waals surface area contributed by atoms with Gasteiger partial charge in [0.15, 0.2) is 10.5 Å². The number of hydrogen-bond donors (Lipinski definition) is 1. The molecule has 1 aromatic heterocycles. The van der Waals surface area contributed by atoms with Crippen molar-refractivity contribution in [2.75, 3.05) is 11.5 Å². The van der Waals surface area contributed by atoms with Crippen molar-refractivity contribution in [2.45, 2.75) is 39.2 Å². The molecule has 0 aliphatic rings. The number of para-hydroxylation sites is 1. The molecule has 0 unspecified atom stereocenters. The SMILES string of the molecule is Cc1ccc2c(c1)c(=O)c1ccccc1n2CCCCCC(=O)SCCS(=O)(=O)O. The molecular formula is C22H25NO5S2. The third-order valence-electron chi connectivity index (χ3n) is 4.99. The first-order valence-electron chi connectivity index (χ1n) is 9.89. The lowest BCUT2D eigenvalue weighted by Gasteiger charge is -2.15. The molecular weight excluding hydrogens is 422 g/mol. The molecule has 8 heteroatoms. The Labute approximate surface area is 180 Å². The van der Waals surface area contributed by atoms with Gasteiger partial charge < -0.3 is 4.57 Å². The van der Waals surface area contributed by atoms with Crippen LogP contribution in [0.15, 0.2) is 47.3 Å². The van der Waals surface area contributed by atoms with E-state index in [0.29, 0.717) is 18.2 Å². The lowest BCUT2D eigenvalue weighted by atomic mass is 10.1. The van der Waals surface area contributed by atoms with Gasteiger partial charge in [-0.05, 0) is 44.0 Å². The van der Waals surface area contributed by atoms with E-state index >= 15 is 0 Å². The van der Waals surface area contributed by atoms with E-state index in [1.165, 1.54) is 0 Å². The lowest BCUT2D eigenvalue weighted by Crippen LogP contribution is -2.12. The zero-order valence-electron chi connectivity index (χ0n) is 16.8. The molecule has 160 valence electrons. The van der Waals surface area contributed by atoms with Gasteiger partial charge in [0.25, 0.3) is 10.1 Å². The first-order chi connectivity index (χ1) is 14.3. The van der Waals surface area contributed by atoms with Crippen molar-refractivity contribution in [2.24, 2.45) is 0 Å². The highest BCUT2D eigenvalue weighted by molar-refractivity contribution is 8.14. The third kappa shape index (κ3) is 5.71. The summed E-state index contributed by atoms with van der Waals surface area (Å²) < 4.78 is 32.2. The van der Waals surface area contributed by atoms with Crippen LogP contribution >= 0.6 is 11.8 Å². The van der Waals surface area contributed by atoms with Crippen molar-refractivity contribution in [3.05, 3.63) is 58.3 Å². The summed E-state index contributed by atoms with van der Waals surface area (Å²) >= 11 is 0.946. The van der Waals surface area contributed by atoms with E-state index in [-0.39, 0.29) is 16.3 Å². The third-order valence-corrected chi connectivity index (χ3v) is 6.91. The molecule has 6 nitrogen and oxygen atoms in total. The van der Waals surface area contributed by atoms with Crippen LogP contribution in [0.25, 0.3) is 21.8 Å². The quantitative estimate of drug-likeness (QED) is 0.301. The smallest absolute Gasteiger partial charge is 0.265 e. The molecule has 30 heavy (non-hydrogen) atoms. The number of aromatic nitrogens is 1. The number of aryl methyl sites for hydroxylation is 2. The molecule has 1 N–H and O–H groups in total. The summed E-state index contributed by atoms with van der Waals surface area (Å²) in [6.07, 6.45) is 2.80. The number of carbonyl (C=O) groups is 1. The zero-order valence-corrected chi connectivity index (χ0v) is 18.5. The van der Waals surface area contributed by atoms with E-state index < -0.39 is 15.9 Å². The Morgan fingerprint density at radius 2 is 1.77 bits per heavy atom. The zero-order chi connectivity index (χ0) is 21.7. The maximum absolute atomic E-state index is 12.9. The van der Waals surface area contributed by atoms with Crippen molar-refractivity contribution in [1.82, 2.24) is 4.57 Å². The second-order valence-electron chi connectivity index (χ2n) is 7.34. The van der Waals surface area contributed by atoms with E-state index in [4.69, 9.17) is 4.55 Å². The Morgan fingerprint density at radius 1 is 1.03 bits per heavy atom. The van der Waals surface area contributed by atoms with Gasteiger partial charge in [-0.2, -0.15) is 8.42 Å². The molecule has 0 saturated heterocycles. The van der Waals surface area contributed by atoms with Crippen molar-refractivity contribution in [3.63, 3.8) is 0 Å². The van der Waals surface area contributed by atoms with E-state index in [0.717, 1.165) is 53.1 Å². The first kappa shape index (κ1) is 22.5. The molecule has 0 atom stereocenters. The van der Waals surface area contributed by atoms with Crippen LogP contribution in [0.2, 0.25) is 0 Å². The molecule has 3 rings (SSSR count). The number of unbranched alkanes of at least 4 members (excludes halogenated alkanes) is 2. The van der Waals surface area contributed by atoms with Crippen molar-refractivity contribution < 1.29 is 17.8 Å². The van der Waals surface area contributed by atoms with Crippen LogP contribution in [-0.2, 0) is 21.5 Å². The Bertz CT molecular complexity index is 1230. The van der Waals surface area contributed by atoms with Crippen LogP contribution in [0.3, 0.4) is 0 Å².